The van der Waals surface area contributed by atoms with Crippen LogP contribution in [0.2, 0.25) is 5.28 Å². The maximum absolute atomic E-state index is 12.1. The SMILES string of the molecule is CCOC(=O)c1ccnc(-c2ccc(OC(F)(F)F)cc2)n1.COC(=O)c1ccnc(Cl)n1.OB(O)c1ccc(OC(F)(F)F)cc1.OCc1ccnc(-c2ccc(OC(F)(F)F)cc2)n1. The number of carbonyl (C=O) groups is 2. The second kappa shape index (κ2) is 24.8. The molecule has 0 aliphatic rings. The van der Waals surface area contributed by atoms with Crippen molar-refractivity contribution in [3.8, 4) is 40.0 Å². The van der Waals surface area contributed by atoms with Crippen LogP contribution in [0.1, 0.15) is 33.6 Å². The van der Waals surface area contributed by atoms with Gasteiger partial charge in [0, 0.05) is 29.7 Å². The van der Waals surface area contributed by atoms with Gasteiger partial charge in [-0.15, -0.1) is 39.5 Å². The minimum Gasteiger partial charge on any atom is -0.464 e. The number of esters is 2. The van der Waals surface area contributed by atoms with Crippen molar-refractivity contribution in [3.05, 3.63) is 132 Å². The molecule has 6 aromatic rings. The minimum atomic E-state index is -4.75. The van der Waals surface area contributed by atoms with Gasteiger partial charge in [-0.3, -0.25) is 0 Å². The van der Waals surface area contributed by atoms with Gasteiger partial charge >= 0.3 is 38.1 Å². The van der Waals surface area contributed by atoms with Crippen molar-refractivity contribution >= 4 is 36.1 Å². The maximum Gasteiger partial charge on any atom is 0.573 e. The van der Waals surface area contributed by atoms with E-state index < -0.39 is 43.9 Å². The Morgan fingerprint density at radius 2 is 1.00 bits per heavy atom. The van der Waals surface area contributed by atoms with Gasteiger partial charge in [0.15, 0.2) is 23.0 Å². The first kappa shape index (κ1) is 53.2. The number of hydrogen-bond acceptors (Lipinski definition) is 16. The summed E-state index contributed by atoms with van der Waals surface area (Å²) in [7, 11) is -0.423. The topological polar surface area (TPSA) is 218 Å². The van der Waals surface area contributed by atoms with E-state index >= 15 is 0 Å². The highest BCUT2D eigenvalue weighted by Crippen LogP contribution is 2.27. The zero-order chi connectivity index (χ0) is 49.1. The Kier molecular flexibility index (Phi) is 20.0. The third-order valence-corrected chi connectivity index (χ3v) is 7.32. The summed E-state index contributed by atoms with van der Waals surface area (Å²) in [5.41, 5.74) is 1.74. The highest BCUT2D eigenvalue weighted by atomic mass is 35.5. The summed E-state index contributed by atoms with van der Waals surface area (Å²) in [6.45, 7) is 1.64. The minimum absolute atomic E-state index is 0.0351. The van der Waals surface area contributed by atoms with Gasteiger partial charge in [0.25, 0.3) is 0 Å². The van der Waals surface area contributed by atoms with Gasteiger partial charge in [-0.2, -0.15) is 0 Å². The van der Waals surface area contributed by atoms with Gasteiger partial charge in [-0.25, -0.2) is 39.5 Å². The number of aliphatic hydroxyl groups excluding tert-OH is 1. The Morgan fingerprint density at radius 3 is 1.39 bits per heavy atom. The molecule has 16 nitrogen and oxygen atoms in total. The highest BCUT2D eigenvalue weighted by molar-refractivity contribution is 6.58. The molecule has 0 spiro atoms. The van der Waals surface area contributed by atoms with Gasteiger partial charge in [0.05, 0.1) is 26.0 Å². The largest absolute Gasteiger partial charge is 0.573 e. The second-order valence-electron chi connectivity index (χ2n) is 11.9. The molecule has 0 bridgehead atoms. The molecule has 6 rings (SSSR count). The van der Waals surface area contributed by atoms with Crippen LogP contribution in [0.25, 0.3) is 22.8 Å². The number of halogens is 10. The van der Waals surface area contributed by atoms with Crippen LogP contribution in [0.3, 0.4) is 0 Å². The molecule has 0 fully saturated rings. The number of aromatic nitrogens is 6. The molecule has 3 aromatic carbocycles. The van der Waals surface area contributed by atoms with Crippen LogP contribution < -0.4 is 19.7 Å². The van der Waals surface area contributed by atoms with Gasteiger partial charge < -0.3 is 38.8 Å². The smallest absolute Gasteiger partial charge is 0.464 e. The Hall–Kier alpha value is -7.16. The maximum atomic E-state index is 12.1. The predicted octanol–water partition coefficient (Wildman–Crippen LogP) is 6.94. The van der Waals surface area contributed by atoms with Crippen molar-refractivity contribution in [2.75, 3.05) is 13.7 Å². The number of nitrogens with zero attached hydrogens (tertiary/aromatic N) is 6. The number of aliphatic hydroxyl groups is 1. The quantitative estimate of drug-likeness (QED) is 0.0548. The summed E-state index contributed by atoms with van der Waals surface area (Å²) in [6.07, 6.45) is -9.97. The van der Waals surface area contributed by atoms with Gasteiger partial charge in [0.1, 0.15) is 17.2 Å². The zero-order valence-electron chi connectivity index (χ0n) is 33.5. The molecule has 66 heavy (non-hydrogen) atoms. The second-order valence-corrected chi connectivity index (χ2v) is 12.2. The molecule has 3 N–H and O–H groups in total. The number of benzene rings is 3. The van der Waals surface area contributed by atoms with E-state index in [-0.39, 0.29) is 52.7 Å². The fraction of sp³-hybridized carbons (Fsp3) is 0.179. The molecule has 27 heteroatoms. The van der Waals surface area contributed by atoms with Gasteiger partial charge in [0.2, 0.25) is 5.28 Å². The number of ether oxygens (including phenoxy) is 5. The lowest BCUT2D eigenvalue weighted by molar-refractivity contribution is -0.275. The molecule has 0 saturated heterocycles. The van der Waals surface area contributed by atoms with Crippen LogP contribution in [0.5, 0.6) is 17.2 Å². The molecule has 3 aromatic heterocycles. The normalized spacial score (nSPS) is 10.9. The molecule has 0 aliphatic carbocycles. The van der Waals surface area contributed by atoms with E-state index in [1.807, 2.05) is 0 Å². The molecular weight excluding hydrogens is 930 g/mol. The Balaban J connectivity index is 0.000000241. The fourth-order valence-electron chi connectivity index (χ4n) is 4.45. The van der Waals surface area contributed by atoms with E-state index in [1.54, 1.807) is 13.0 Å². The lowest BCUT2D eigenvalue weighted by Gasteiger charge is -2.09. The lowest BCUT2D eigenvalue weighted by atomic mass is 9.80. The van der Waals surface area contributed by atoms with Crippen molar-refractivity contribution in [1.82, 2.24) is 29.9 Å². The van der Waals surface area contributed by atoms with E-state index in [0.29, 0.717) is 22.6 Å². The molecule has 0 radical (unpaired) electrons. The molecule has 0 amide bonds. The predicted molar refractivity (Wildman–Crippen MR) is 212 cm³/mol. The Labute approximate surface area is 371 Å². The van der Waals surface area contributed by atoms with Crippen molar-refractivity contribution in [2.24, 2.45) is 0 Å². The van der Waals surface area contributed by atoms with Crippen LogP contribution in [0.15, 0.2) is 110 Å². The summed E-state index contributed by atoms with van der Waals surface area (Å²) < 4.78 is 128. The van der Waals surface area contributed by atoms with Crippen LogP contribution in [-0.2, 0) is 16.1 Å². The monoisotopic (exact) mass is 960 g/mol. The van der Waals surface area contributed by atoms with E-state index in [4.69, 9.17) is 31.5 Å². The Morgan fingerprint density at radius 1 is 0.591 bits per heavy atom. The number of rotatable bonds is 10. The first-order valence-electron chi connectivity index (χ1n) is 17.9. The lowest BCUT2D eigenvalue weighted by Crippen LogP contribution is -2.29. The first-order chi connectivity index (χ1) is 31.0. The summed E-state index contributed by atoms with van der Waals surface area (Å²) in [6, 6.07) is 18.8. The summed E-state index contributed by atoms with van der Waals surface area (Å²) in [4.78, 5) is 45.6. The number of alkyl halides is 9. The zero-order valence-corrected chi connectivity index (χ0v) is 34.3. The van der Waals surface area contributed by atoms with E-state index in [2.05, 4.69) is 48.9 Å². The number of methoxy groups -OCH3 is 1. The van der Waals surface area contributed by atoms with Crippen molar-refractivity contribution < 1.29 is 87.9 Å². The molecule has 3 heterocycles. The average molecular weight is 961 g/mol. The van der Waals surface area contributed by atoms with Crippen LogP contribution in [-0.4, -0.2) is 96.9 Å². The van der Waals surface area contributed by atoms with Crippen LogP contribution in [0.4, 0.5) is 39.5 Å². The third-order valence-electron chi connectivity index (χ3n) is 7.14. The van der Waals surface area contributed by atoms with Crippen LogP contribution in [0, 0.1) is 0 Å². The summed E-state index contributed by atoms with van der Waals surface area (Å²) in [5.74, 6) is -1.65. The standard InChI is InChI=1S/C14H11F3N2O3.C12H9F3N2O2.C7H6BF3O3.C6H5ClN2O2/c1-2-21-13(20)11-7-8-18-12(19-11)9-3-5-10(6-4-9)22-14(15,16)17;13-12(14,15)19-10-3-1-8(2-4-10)11-16-6-5-9(7-18)17-11;9-7(10,11)14-6-3-1-5(2-4-6)8(12)13;1-11-5(10)4-2-3-8-6(7)9-4/h3-8H,2H2,1H3;1-6,18H,7H2;1-4,12-13H;2-3H,1H3. The van der Waals surface area contributed by atoms with Gasteiger partial charge in [-0.1, -0.05) is 12.1 Å². The fourth-order valence-corrected chi connectivity index (χ4v) is 4.59. The third kappa shape index (κ3) is 19.7. The number of carbonyl (C=O) groups excluding carboxylic acids is 2. The van der Waals surface area contributed by atoms with Gasteiger partial charge in [-0.05, 0) is 103 Å². The summed E-state index contributed by atoms with van der Waals surface area (Å²) >= 11 is 5.42. The molecule has 350 valence electrons. The summed E-state index contributed by atoms with van der Waals surface area (Å²) in [5, 5.41) is 26.3. The first-order valence-corrected chi connectivity index (χ1v) is 18.3. The Bertz CT molecular complexity index is 2460. The van der Waals surface area contributed by atoms with E-state index in [1.165, 1.54) is 74.2 Å². The van der Waals surface area contributed by atoms with Crippen molar-refractivity contribution in [1.29, 1.82) is 0 Å². The highest BCUT2D eigenvalue weighted by Gasteiger charge is 2.32. The van der Waals surface area contributed by atoms with E-state index in [9.17, 15) is 49.1 Å². The van der Waals surface area contributed by atoms with E-state index in [0.717, 1.165) is 36.4 Å². The molecule has 0 aliphatic heterocycles. The molecular formula is C39H31BClF9N6O10. The molecule has 0 unspecified atom stereocenters. The van der Waals surface area contributed by atoms with Crippen molar-refractivity contribution in [2.45, 2.75) is 32.6 Å². The molecule has 0 atom stereocenters. The average Bonchev–Trinajstić information content (AvgIpc) is 3.26. The van der Waals surface area contributed by atoms with Crippen molar-refractivity contribution in [3.63, 3.8) is 0 Å². The molecule has 0 saturated carbocycles. The van der Waals surface area contributed by atoms with Crippen LogP contribution >= 0.6 is 11.6 Å². The number of hydrogen-bond donors (Lipinski definition) is 3.